The van der Waals surface area contributed by atoms with Crippen molar-refractivity contribution in [3.63, 3.8) is 0 Å². The molecule has 96 valence electrons. The Labute approximate surface area is 110 Å². The highest BCUT2D eigenvalue weighted by Gasteiger charge is 2.20. The zero-order valence-electron chi connectivity index (χ0n) is 10.3. The van der Waals surface area contributed by atoms with Crippen LogP contribution in [0.1, 0.15) is 10.4 Å². The number of nitrogens with zero attached hydrogens (tertiary/aromatic N) is 2. The van der Waals surface area contributed by atoms with Gasteiger partial charge in [0.15, 0.2) is 0 Å². The molecule has 5 nitrogen and oxygen atoms in total. The molecule has 0 fully saturated rings. The topological polar surface area (TPSA) is 59.0 Å². The highest BCUT2D eigenvalue weighted by atomic mass is 16.7. The molecule has 19 heavy (non-hydrogen) atoms. The first kappa shape index (κ1) is 12.9. The van der Waals surface area contributed by atoms with Gasteiger partial charge >= 0.3 is 5.91 Å². The first-order valence-electron chi connectivity index (χ1n) is 5.64. The van der Waals surface area contributed by atoms with E-state index in [4.69, 9.17) is 0 Å². The molecule has 0 bridgehead atoms. The summed E-state index contributed by atoms with van der Waals surface area (Å²) in [4.78, 5) is 27.2. The summed E-state index contributed by atoms with van der Waals surface area (Å²) in [6.07, 6.45) is 0. The molecule has 0 spiro atoms. The van der Waals surface area contributed by atoms with Crippen molar-refractivity contribution in [2.45, 2.75) is 0 Å². The molecule has 0 aliphatic heterocycles. The van der Waals surface area contributed by atoms with Gasteiger partial charge in [0.25, 0.3) is 0 Å². The summed E-state index contributed by atoms with van der Waals surface area (Å²) in [5.41, 5.74) is 1.96. The number of carbonyl (C=O) groups excluding carboxylic acids is 1. The molecule has 0 aliphatic rings. The summed E-state index contributed by atoms with van der Waals surface area (Å²) in [5, 5.41) is 2.95. The summed E-state index contributed by atoms with van der Waals surface area (Å²) in [7, 11) is 1.21. The van der Waals surface area contributed by atoms with Gasteiger partial charge in [0.1, 0.15) is 0 Å². The van der Waals surface area contributed by atoms with Crippen molar-refractivity contribution < 1.29 is 9.63 Å². The normalized spacial score (nSPS) is 9.95. The third kappa shape index (κ3) is 2.66. The fourth-order valence-electron chi connectivity index (χ4n) is 1.80. The molecule has 5 heteroatoms. The molecule has 0 atom stereocenters. The Morgan fingerprint density at radius 2 is 1.68 bits per heavy atom. The van der Waals surface area contributed by atoms with Crippen LogP contribution in [-0.2, 0) is 4.84 Å². The number of hydrogen-bond donors (Lipinski definition) is 0. The molecule has 0 aliphatic carbocycles. The third-order valence-electron chi connectivity index (χ3n) is 2.66. The maximum absolute atomic E-state index is 12.1. The first-order valence-corrected chi connectivity index (χ1v) is 5.64. The number of amides is 1. The Morgan fingerprint density at radius 1 is 1.05 bits per heavy atom. The molecule has 0 saturated carbocycles. The minimum absolute atomic E-state index is 0.357. The molecule has 1 amide bonds. The van der Waals surface area contributed by atoms with Crippen molar-refractivity contribution in [1.29, 1.82) is 0 Å². The van der Waals surface area contributed by atoms with E-state index in [-0.39, 0.29) is 0 Å². The highest BCUT2D eigenvalue weighted by molar-refractivity contribution is 6.00. The van der Waals surface area contributed by atoms with Gasteiger partial charge < -0.3 is 0 Å². The van der Waals surface area contributed by atoms with Crippen LogP contribution in [-0.4, -0.2) is 18.2 Å². The average molecular weight is 256 g/mol. The van der Waals surface area contributed by atoms with Crippen molar-refractivity contribution in [3.05, 3.63) is 65.1 Å². The fraction of sp³-hybridized carbons (Fsp3) is 0.0714. The van der Waals surface area contributed by atoms with Gasteiger partial charge in [-0.05, 0) is 17.2 Å². The van der Waals surface area contributed by atoms with Crippen LogP contribution in [0.2, 0.25) is 0 Å². The van der Waals surface area contributed by atoms with Gasteiger partial charge in [0, 0.05) is 0 Å². The second-order valence-electron chi connectivity index (χ2n) is 3.75. The number of benzene rings is 2. The quantitative estimate of drug-likeness (QED) is 0.624. The number of hydrogen-bond acceptors (Lipinski definition) is 4. The minimum atomic E-state index is -0.600. The van der Waals surface area contributed by atoms with Gasteiger partial charge in [-0.15, -0.1) is 4.91 Å². The largest absolute Gasteiger partial charge is 0.303 e. The third-order valence-corrected chi connectivity index (χ3v) is 2.66. The number of carbonyl (C=O) groups is 1. The second kappa shape index (κ2) is 5.88. The lowest BCUT2D eigenvalue weighted by atomic mass is 9.99. The monoisotopic (exact) mass is 256 g/mol. The fourth-order valence-corrected chi connectivity index (χ4v) is 1.80. The highest BCUT2D eigenvalue weighted by Crippen LogP contribution is 2.24. The van der Waals surface area contributed by atoms with Crippen molar-refractivity contribution in [2.75, 3.05) is 7.11 Å². The maximum Gasteiger partial charge on any atom is 0.303 e. The summed E-state index contributed by atoms with van der Waals surface area (Å²) in [6, 6.07) is 16.4. The Balaban J connectivity index is 2.48. The van der Waals surface area contributed by atoms with Crippen LogP contribution < -0.4 is 0 Å². The van der Waals surface area contributed by atoms with Crippen molar-refractivity contribution in [3.8, 4) is 11.1 Å². The van der Waals surface area contributed by atoms with Crippen molar-refractivity contribution in [2.24, 2.45) is 5.29 Å². The molecule has 0 radical (unpaired) electrons. The number of hydroxylamine groups is 1. The summed E-state index contributed by atoms with van der Waals surface area (Å²) in [5.74, 6) is -0.600. The van der Waals surface area contributed by atoms with E-state index in [1.807, 2.05) is 36.4 Å². The summed E-state index contributed by atoms with van der Waals surface area (Å²) < 4.78 is 0. The average Bonchev–Trinajstić information content (AvgIpc) is 2.49. The Kier molecular flexibility index (Phi) is 4.00. The smallest absolute Gasteiger partial charge is 0.264 e. The zero-order valence-corrected chi connectivity index (χ0v) is 10.3. The Morgan fingerprint density at radius 3 is 2.32 bits per heavy atom. The molecule has 0 N–H and O–H groups in total. The first-order chi connectivity index (χ1) is 9.27. The van der Waals surface area contributed by atoms with E-state index in [0.717, 1.165) is 11.1 Å². The van der Waals surface area contributed by atoms with Crippen molar-refractivity contribution in [1.82, 2.24) is 5.17 Å². The lowest BCUT2D eigenvalue weighted by Crippen LogP contribution is -2.24. The van der Waals surface area contributed by atoms with Gasteiger partial charge in [-0.25, -0.2) is 0 Å². The molecule has 0 heterocycles. The van der Waals surface area contributed by atoms with Crippen LogP contribution in [0.4, 0.5) is 0 Å². The van der Waals surface area contributed by atoms with Crippen LogP contribution in [0.5, 0.6) is 0 Å². The lowest BCUT2D eigenvalue weighted by Gasteiger charge is -2.13. The van der Waals surface area contributed by atoms with E-state index in [0.29, 0.717) is 10.7 Å². The molecule has 0 unspecified atom stereocenters. The van der Waals surface area contributed by atoms with E-state index in [1.54, 1.807) is 18.2 Å². The van der Waals surface area contributed by atoms with Gasteiger partial charge in [0.05, 0.1) is 18.0 Å². The van der Waals surface area contributed by atoms with Crippen LogP contribution in [0, 0.1) is 4.91 Å². The zero-order chi connectivity index (χ0) is 13.7. The maximum atomic E-state index is 12.1. The molecule has 0 saturated heterocycles. The molecular formula is C14H12N2O3. The van der Waals surface area contributed by atoms with E-state index in [2.05, 4.69) is 10.1 Å². The van der Waals surface area contributed by atoms with Gasteiger partial charge in [-0.2, -0.15) is 0 Å². The number of nitroso groups, excluding NO2 is 1. The van der Waals surface area contributed by atoms with Crippen LogP contribution in [0.15, 0.2) is 59.9 Å². The summed E-state index contributed by atoms with van der Waals surface area (Å²) in [6.45, 7) is 0. The van der Waals surface area contributed by atoms with Gasteiger partial charge in [-0.1, -0.05) is 53.7 Å². The minimum Gasteiger partial charge on any atom is -0.264 e. The molecular weight excluding hydrogens is 244 g/mol. The SMILES string of the molecule is CON(N=O)C(=O)c1ccccc1-c1ccccc1. The van der Waals surface area contributed by atoms with Gasteiger partial charge in [0.2, 0.25) is 0 Å². The molecule has 2 aromatic carbocycles. The molecule has 2 aromatic rings. The van der Waals surface area contributed by atoms with E-state index >= 15 is 0 Å². The second-order valence-corrected chi connectivity index (χ2v) is 3.75. The van der Waals surface area contributed by atoms with E-state index < -0.39 is 5.91 Å². The molecule has 2 rings (SSSR count). The Bertz CT molecular complexity index is 584. The predicted molar refractivity (Wildman–Crippen MR) is 70.9 cm³/mol. The number of rotatable bonds is 4. The standard InChI is InChI=1S/C14H12N2O3/c1-19-16(15-18)14(17)13-10-6-5-9-12(13)11-7-3-2-4-8-11/h2-10H,1H3. The van der Waals surface area contributed by atoms with Crippen molar-refractivity contribution >= 4 is 5.91 Å². The predicted octanol–water partition coefficient (Wildman–Crippen LogP) is 3.04. The van der Waals surface area contributed by atoms with E-state index in [1.165, 1.54) is 7.11 Å². The van der Waals surface area contributed by atoms with Crippen LogP contribution in [0.25, 0.3) is 11.1 Å². The Hall–Kier alpha value is -2.53. The lowest BCUT2D eigenvalue weighted by molar-refractivity contribution is -0.0956. The molecule has 0 aromatic heterocycles. The van der Waals surface area contributed by atoms with E-state index in [9.17, 15) is 9.70 Å². The summed E-state index contributed by atoms with van der Waals surface area (Å²) >= 11 is 0. The van der Waals surface area contributed by atoms with Crippen LogP contribution in [0.3, 0.4) is 0 Å². The van der Waals surface area contributed by atoms with Gasteiger partial charge in [-0.3, -0.25) is 9.63 Å². The van der Waals surface area contributed by atoms with Crippen LogP contribution >= 0.6 is 0 Å².